The second-order valence-electron chi connectivity index (χ2n) is 5.43. The second kappa shape index (κ2) is 6.46. The Kier molecular flexibility index (Phi) is 4.22. The fourth-order valence-corrected chi connectivity index (χ4v) is 2.56. The van der Waals surface area contributed by atoms with Crippen molar-refractivity contribution in [3.05, 3.63) is 48.2 Å². The molecule has 3 rings (SSSR count). The molecule has 1 aromatic carbocycles. The zero-order chi connectivity index (χ0) is 15.4. The van der Waals surface area contributed by atoms with Gasteiger partial charge in [0.15, 0.2) is 0 Å². The van der Waals surface area contributed by atoms with Gasteiger partial charge in [-0.1, -0.05) is 0 Å². The van der Waals surface area contributed by atoms with Crippen LogP contribution in [0, 0.1) is 11.3 Å². The van der Waals surface area contributed by atoms with E-state index in [0.717, 1.165) is 31.6 Å². The normalized spacial score (nSPS) is 15.4. The van der Waals surface area contributed by atoms with Crippen molar-refractivity contribution < 1.29 is 5.11 Å². The number of hydrogen-bond acceptors (Lipinski definition) is 5. The molecule has 1 saturated heterocycles. The molecule has 0 unspecified atom stereocenters. The monoisotopic (exact) mass is 294 g/mol. The molecule has 0 atom stereocenters. The van der Waals surface area contributed by atoms with Crippen molar-refractivity contribution in [1.29, 1.82) is 5.26 Å². The largest absolute Gasteiger partial charge is 0.393 e. The van der Waals surface area contributed by atoms with Gasteiger partial charge < -0.3 is 15.3 Å². The molecule has 0 spiro atoms. The zero-order valence-electron chi connectivity index (χ0n) is 12.2. The molecule has 2 heterocycles. The zero-order valence-corrected chi connectivity index (χ0v) is 12.2. The van der Waals surface area contributed by atoms with Gasteiger partial charge in [-0.3, -0.25) is 0 Å². The van der Waals surface area contributed by atoms with Crippen molar-refractivity contribution in [2.24, 2.45) is 0 Å². The number of hydrogen-bond donors (Lipinski definition) is 2. The summed E-state index contributed by atoms with van der Waals surface area (Å²) >= 11 is 0. The molecule has 1 fully saturated rings. The Balaban J connectivity index is 1.65. The lowest BCUT2D eigenvalue weighted by Gasteiger charge is -2.31. The number of rotatable bonds is 3. The number of anilines is 3. The lowest BCUT2D eigenvalue weighted by molar-refractivity contribution is 0.145. The van der Waals surface area contributed by atoms with Crippen LogP contribution in [0.4, 0.5) is 17.2 Å². The molecule has 0 bridgehead atoms. The number of nitrogens with zero attached hydrogens (tertiary/aromatic N) is 3. The Labute approximate surface area is 129 Å². The van der Waals surface area contributed by atoms with E-state index in [-0.39, 0.29) is 6.10 Å². The summed E-state index contributed by atoms with van der Waals surface area (Å²) in [5.41, 5.74) is 2.68. The summed E-state index contributed by atoms with van der Waals surface area (Å²) in [6.07, 6.45) is 3.06. The van der Waals surface area contributed by atoms with Gasteiger partial charge in [0.05, 0.1) is 11.7 Å². The highest BCUT2D eigenvalue weighted by molar-refractivity contribution is 5.61. The summed E-state index contributed by atoms with van der Waals surface area (Å²) in [5, 5.41) is 21.5. The van der Waals surface area contributed by atoms with Crippen molar-refractivity contribution in [3.63, 3.8) is 0 Å². The van der Waals surface area contributed by atoms with E-state index >= 15 is 0 Å². The SMILES string of the molecule is N#Cc1ccc(Nc2ccc(N3CCC(O)CC3)cc2)nc1. The molecule has 1 aliphatic heterocycles. The molecule has 1 aliphatic rings. The van der Waals surface area contributed by atoms with Gasteiger partial charge in [0.25, 0.3) is 0 Å². The number of piperidine rings is 1. The maximum Gasteiger partial charge on any atom is 0.130 e. The van der Waals surface area contributed by atoms with E-state index < -0.39 is 0 Å². The molecule has 22 heavy (non-hydrogen) atoms. The van der Waals surface area contributed by atoms with Gasteiger partial charge in [0, 0.05) is 30.7 Å². The second-order valence-corrected chi connectivity index (χ2v) is 5.43. The van der Waals surface area contributed by atoms with E-state index in [1.54, 1.807) is 18.3 Å². The first kappa shape index (κ1) is 14.4. The maximum absolute atomic E-state index is 9.56. The highest BCUT2D eigenvalue weighted by Crippen LogP contribution is 2.23. The summed E-state index contributed by atoms with van der Waals surface area (Å²) in [6, 6.07) is 13.8. The number of nitrogens with one attached hydrogen (secondary N) is 1. The Morgan fingerprint density at radius 1 is 1.14 bits per heavy atom. The van der Waals surface area contributed by atoms with Crippen LogP contribution in [0.2, 0.25) is 0 Å². The third-order valence-electron chi connectivity index (χ3n) is 3.86. The molecule has 0 amide bonds. The van der Waals surface area contributed by atoms with Crippen LogP contribution in [-0.2, 0) is 0 Å². The van der Waals surface area contributed by atoms with Gasteiger partial charge in [-0.2, -0.15) is 5.26 Å². The van der Waals surface area contributed by atoms with Gasteiger partial charge in [0.1, 0.15) is 11.9 Å². The first-order chi connectivity index (χ1) is 10.7. The minimum atomic E-state index is -0.153. The number of nitriles is 1. The summed E-state index contributed by atoms with van der Waals surface area (Å²) in [6.45, 7) is 1.79. The van der Waals surface area contributed by atoms with Crippen LogP contribution in [0.5, 0.6) is 0 Å². The average molecular weight is 294 g/mol. The van der Waals surface area contributed by atoms with Crippen molar-refractivity contribution in [3.8, 4) is 6.07 Å². The fraction of sp³-hybridized carbons (Fsp3) is 0.294. The first-order valence-electron chi connectivity index (χ1n) is 7.41. The van der Waals surface area contributed by atoms with Gasteiger partial charge in [-0.25, -0.2) is 4.98 Å². The number of aliphatic hydroxyl groups is 1. The molecule has 2 aromatic rings. The molecular weight excluding hydrogens is 276 g/mol. The van der Waals surface area contributed by atoms with E-state index in [1.165, 1.54) is 5.69 Å². The van der Waals surface area contributed by atoms with E-state index in [0.29, 0.717) is 11.4 Å². The molecule has 0 radical (unpaired) electrons. The molecule has 5 heteroatoms. The van der Waals surface area contributed by atoms with Gasteiger partial charge >= 0.3 is 0 Å². The Hall–Kier alpha value is -2.58. The average Bonchev–Trinajstić information content (AvgIpc) is 2.57. The number of benzene rings is 1. The Bertz CT molecular complexity index is 653. The third kappa shape index (κ3) is 3.35. The minimum Gasteiger partial charge on any atom is -0.393 e. The first-order valence-corrected chi connectivity index (χ1v) is 7.41. The molecule has 112 valence electrons. The molecule has 0 saturated carbocycles. The van der Waals surface area contributed by atoms with Crippen molar-refractivity contribution in [2.75, 3.05) is 23.3 Å². The highest BCUT2D eigenvalue weighted by atomic mass is 16.3. The minimum absolute atomic E-state index is 0.153. The standard InChI is InChI=1S/C17H18N4O/c18-11-13-1-6-17(19-12-13)20-14-2-4-15(5-3-14)21-9-7-16(22)8-10-21/h1-6,12,16,22H,7-10H2,(H,19,20). The van der Waals surface area contributed by atoms with Crippen LogP contribution < -0.4 is 10.2 Å². The molecule has 5 nitrogen and oxygen atoms in total. The van der Waals surface area contributed by atoms with E-state index in [9.17, 15) is 5.11 Å². The van der Waals surface area contributed by atoms with Crippen LogP contribution in [0.15, 0.2) is 42.6 Å². The van der Waals surface area contributed by atoms with E-state index in [1.807, 2.05) is 12.1 Å². The Morgan fingerprint density at radius 2 is 1.86 bits per heavy atom. The van der Waals surface area contributed by atoms with Gasteiger partial charge in [0.2, 0.25) is 0 Å². The molecule has 0 aliphatic carbocycles. The van der Waals surface area contributed by atoms with Crippen LogP contribution in [0.3, 0.4) is 0 Å². The smallest absolute Gasteiger partial charge is 0.130 e. The fourth-order valence-electron chi connectivity index (χ4n) is 2.56. The number of aromatic nitrogens is 1. The van der Waals surface area contributed by atoms with Crippen molar-refractivity contribution in [2.45, 2.75) is 18.9 Å². The Morgan fingerprint density at radius 3 is 2.45 bits per heavy atom. The summed E-state index contributed by atoms with van der Waals surface area (Å²) in [5.74, 6) is 0.716. The van der Waals surface area contributed by atoms with Crippen molar-refractivity contribution >= 4 is 17.2 Å². The van der Waals surface area contributed by atoms with Crippen molar-refractivity contribution in [1.82, 2.24) is 4.98 Å². The van der Waals surface area contributed by atoms with Crippen LogP contribution in [0.1, 0.15) is 18.4 Å². The molecular formula is C17H18N4O. The molecule has 2 N–H and O–H groups in total. The van der Waals surface area contributed by atoms with Gasteiger partial charge in [-0.15, -0.1) is 0 Å². The maximum atomic E-state index is 9.56. The van der Waals surface area contributed by atoms with Crippen LogP contribution >= 0.6 is 0 Å². The highest BCUT2D eigenvalue weighted by Gasteiger charge is 2.16. The number of aliphatic hydroxyl groups excluding tert-OH is 1. The lowest BCUT2D eigenvalue weighted by atomic mass is 10.1. The summed E-state index contributed by atoms with van der Waals surface area (Å²) in [7, 11) is 0. The molecule has 1 aromatic heterocycles. The lowest BCUT2D eigenvalue weighted by Crippen LogP contribution is -2.35. The van der Waals surface area contributed by atoms with Gasteiger partial charge in [-0.05, 0) is 49.2 Å². The van der Waals surface area contributed by atoms with Crippen LogP contribution in [0.25, 0.3) is 0 Å². The van der Waals surface area contributed by atoms with Crippen LogP contribution in [-0.4, -0.2) is 29.3 Å². The van der Waals surface area contributed by atoms with E-state index in [2.05, 4.69) is 33.4 Å². The quantitative estimate of drug-likeness (QED) is 0.910. The number of pyridine rings is 1. The topological polar surface area (TPSA) is 72.2 Å². The van der Waals surface area contributed by atoms with E-state index in [4.69, 9.17) is 5.26 Å². The predicted molar refractivity (Wildman–Crippen MR) is 86.1 cm³/mol. The third-order valence-corrected chi connectivity index (χ3v) is 3.86. The predicted octanol–water partition coefficient (Wildman–Crippen LogP) is 2.66. The summed E-state index contributed by atoms with van der Waals surface area (Å²) in [4.78, 5) is 6.48. The summed E-state index contributed by atoms with van der Waals surface area (Å²) < 4.78 is 0.